The van der Waals surface area contributed by atoms with Gasteiger partial charge in [0.15, 0.2) is 0 Å². The minimum absolute atomic E-state index is 0.137. The topological polar surface area (TPSA) is 115 Å². The molecule has 0 aliphatic rings. The van der Waals surface area contributed by atoms with Gasteiger partial charge in [-0.2, -0.15) is 13.4 Å². The van der Waals surface area contributed by atoms with Gasteiger partial charge in [-0.25, -0.2) is 9.50 Å². The van der Waals surface area contributed by atoms with Crippen LogP contribution in [0.3, 0.4) is 0 Å². The quantitative estimate of drug-likeness (QED) is 0.732. The summed E-state index contributed by atoms with van der Waals surface area (Å²) in [5.74, 6) is 0.198. The molecule has 0 unspecified atom stereocenters. The summed E-state index contributed by atoms with van der Waals surface area (Å²) in [7, 11) is -4.02. The van der Waals surface area contributed by atoms with Crippen molar-refractivity contribution < 1.29 is 8.42 Å². The molecule has 0 atom stereocenters. The second kappa shape index (κ2) is 5.76. The van der Waals surface area contributed by atoms with Gasteiger partial charge < -0.3 is 5.73 Å². The normalized spacial score (nSPS) is 11.8. The van der Waals surface area contributed by atoms with Crippen molar-refractivity contribution in [2.75, 3.05) is 4.72 Å². The van der Waals surface area contributed by atoms with Crippen LogP contribution in [0.25, 0.3) is 5.78 Å². The lowest BCUT2D eigenvalue weighted by Crippen LogP contribution is -2.17. The summed E-state index contributed by atoms with van der Waals surface area (Å²) in [5.41, 5.74) is 7.11. The highest BCUT2D eigenvalue weighted by Crippen LogP contribution is 2.27. The van der Waals surface area contributed by atoms with Crippen LogP contribution in [0.1, 0.15) is 11.3 Å². The Morgan fingerprint density at radius 1 is 1.30 bits per heavy atom. The number of rotatable bonds is 4. The van der Waals surface area contributed by atoms with Crippen molar-refractivity contribution >= 4 is 33.1 Å². The van der Waals surface area contributed by atoms with Gasteiger partial charge in [0.25, 0.3) is 21.0 Å². The van der Waals surface area contributed by atoms with E-state index < -0.39 is 15.2 Å². The number of nitrogens with two attached hydrogens (primary N) is 1. The molecule has 0 fully saturated rings. The molecule has 0 saturated heterocycles. The number of anilines is 1. The third kappa shape index (κ3) is 2.98. The third-order valence-corrected chi connectivity index (χ3v) is 4.57. The van der Waals surface area contributed by atoms with E-state index in [1.54, 1.807) is 37.4 Å². The molecule has 0 aliphatic heterocycles. The molecule has 10 heteroatoms. The summed E-state index contributed by atoms with van der Waals surface area (Å²) in [4.78, 5) is 8.06. The van der Waals surface area contributed by atoms with E-state index in [4.69, 9.17) is 17.3 Å². The highest BCUT2D eigenvalue weighted by Gasteiger charge is 2.23. The Kier molecular flexibility index (Phi) is 3.92. The highest BCUT2D eigenvalue weighted by molar-refractivity contribution is 7.92. The lowest BCUT2D eigenvalue weighted by atomic mass is 10.2. The van der Waals surface area contributed by atoms with Crippen molar-refractivity contribution in [1.82, 2.24) is 19.6 Å². The molecule has 0 aliphatic carbocycles. The van der Waals surface area contributed by atoms with Crippen LogP contribution >= 0.6 is 11.6 Å². The van der Waals surface area contributed by atoms with E-state index >= 15 is 0 Å². The molecular weight excluding hydrogens is 340 g/mol. The Bertz CT molecular complexity index is 985. The molecule has 0 spiro atoms. The van der Waals surface area contributed by atoms with Crippen molar-refractivity contribution in [3.63, 3.8) is 0 Å². The second-order valence-corrected chi connectivity index (χ2v) is 6.77. The molecule has 0 saturated carbocycles. The standard InChI is InChI=1S/C13H13ClN6O2S/c1-8-5-6-20-12(16-8)17-13(18-20)23(21,22)19-11-9(7-15)3-2-4-10(11)14/h2-6,19H,7,15H2,1H3. The number of nitrogens with zero attached hydrogens (tertiary/aromatic N) is 4. The average Bonchev–Trinajstić information content (AvgIpc) is 2.93. The molecule has 0 amide bonds. The number of aryl methyl sites for hydroxylation is 1. The van der Waals surface area contributed by atoms with Crippen molar-refractivity contribution in [1.29, 1.82) is 0 Å². The first kappa shape index (κ1) is 15.7. The molecule has 23 heavy (non-hydrogen) atoms. The smallest absolute Gasteiger partial charge is 0.299 e. The predicted octanol–water partition coefficient (Wildman–Crippen LogP) is 1.35. The van der Waals surface area contributed by atoms with Gasteiger partial charge in [0.2, 0.25) is 0 Å². The van der Waals surface area contributed by atoms with E-state index in [0.717, 1.165) is 0 Å². The zero-order valence-electron chi connectivity index (χ0n) is 12.1. The molecule has 1 aromatic carbocycles. The van der Waals surface area contributed by atoms with Gasteiger partial charge in [-0.05, 0) is 24.6 Å². The maximum Gasteiger partial charge on any atom is 0.299 e. The monoisotopic (exact) mass is 352 g/mol. The number of nitrogens with one attached hydrogen (secondary N) is 1. The molecule has 120 valence electrons. The van der Waals surface area contributed by atoms with Crippen LogP contribution in [0.15, 0.2) is 35.6 Å². The Hall–Kier alpha value is -2.23. The molecular formula is C13H13ClN6O2S. The molecule has 3 rings (SSSR count). The van der Waals surface area contributed by atoms with E-state index in [2.05, 4.69) is 19.8 Å². The molecule has 3 aromatic rings. The number of hydrogen-bond acceptors (Lipinski definition) is 6. The minimum Gasteiger partial charge on any atom is -0.326 e. The zero-order chi connectivity index (χ0) is 16.6. The van der Waals surface area contributed by atoms with E-state index in [0.29, 0.717) is 11.3 Å². The van der Waals surface area contributed by atoms with E-state index in [9.17, 15) is 8.42 Å². The SMILES string of the molecule is Cc1ccn2nc(S(=O)(=O)Nc3c(Cl)cccc3CN)nc2n1. The van der Waals surface area contributed by atoms with Crippen LogP contribution < -0.4 is 10.5 Å². The maximum atomic E-state index is 12.5. The van der Waals surface area contributed by atoms with Crippen molar-refractivity contribution in [2.24, 2.45) is 5.73 Å². The summed E-state index contributed by atoms with van der Waals surface area (Å²) >= 11 is 6.06. The Morgan fingerprint density at radius 2 is 2.09 bits per heavy atom. The summed E-state index contributed by atoms with van der Waals surface area (Å²) < 4.78 is 28.7. The van der Waals surface area contributed by atoms with Gasteiger partial charge in [0, 0.05) is 18.4 Å². The van der Waals surface area contributed by atoms with Gasteiger partial charge in [-0.3, -0.25) is 4.72 Å². The molecule has 2 aromatic heterocycles. The van der Waals surface area contributed by atoms with Crippen LogP contribution in [0.5, 0.6) is 0 Å². The van der Waals surface area contributed by atoms with E-state index in [-0.39, 0.29) is 23.0 Å². The first-order valence-electron chi connectivity index (χ1n) is 6.61. The van der Waals surface area contributed by atoms with E-state index in [1.807, 2.05) is 0 Å². The summed E-state index contributed by atoms with van der Waals surface area (Å²) in [6.45, 7) is 1.91. The summed E-state index contributed by atoms with van der Waals surface area (Å²) in [6.07, 6.45) is 1.59. The zero-order valence-corrected chi connectivity index (χ0v) is 13.6. The van der Waals surface area contributed by atoms with Gasteiger partial charge in [-0.1, -0.05) is 23.7 Å². The fraction of sp³-hybridized carbons (Fsp3) is 0.154. The predicted molar refractivity (Wildman–Crippen MR) is 85.7 cm³/mol. The van der Waals surface area contributed by atoms with E-state index in [1.165, 1.54) is 4.52 Å². The highest BCUT2D eigenvalue weighted by atomic mass is 35.5. The molecule has 0 bridgehead atoms. The number of sulfonamides is 1. The number of halogens is 1. The average molecular weight is 353 g/mol. The van der Waals surface area contributed by atoms with Crippen LogP contribution in [0.2, 0.25) is 5.02 Å². The van der Waals surface area contributed by atoms with Crippen molar-refractivity contribution in [2.45, 2.75) is 18.6 Å². The van der Waals surface area contributed by atoms with Gasteiger partial charge in [0.05, 0.1) is 10.7 Å². The largest absolute Gasteiger partial charge is 0.326 e. The van der Waals surface area contributed by atoms with Crippen molar-refractivity contribution in [3.8, 4) is 0 Å². The number of para-hydroxylation sites is 1. The number of benzene rings is 1. The molecule has 0 radical (unpaired) electrons. The van der Waals surface area contributed by atoms with Crippen molar-refractivity contribution in [3.05, 3.63) is 46.7 Å². The molecule has 2 heterocycles. The fourth-order valence-corrected chi connectivity index (χ4v) is 3.29. The summed E-state index contributed by atoms with van der Waals surface area (Å²) in [5, 5.41) is 3.78. The summed E-state index contributed by atoms with van der Waals surface area (Å²) in [6, 6.07) is 6.65. The molecule has 8 nitrogen and oxygen atoms in total. The Balaban J connectivity index is 2.04. The first-order valence-corrected chi connectivity index (χ1v) is 8.47. The van der Waals surface area contributed by atoms with Gasteiger partial charge in [-0.15, -0.1) is 5.10 Å². The van der Waals surface area contributed by atoms with Gasteiger partial charge in [0.1, 0.15) is 0 Å². The minimum atomic E-state index is -4.02. The van der Waals surface area contributed by atoms with Crippen LogP contribution in [-0.4, -0.2) is 28.0 Å². The van der Waals surface area contributed by atoms with Crippen LogP contribution in [0.4, 0.5) is 5.69 Å². The lowest BCUT2D eigenvalue weighted by Gasteiger charge is -2.11. The number of fused-ring (bicyclic) bond motifs is 1. The molecule has 3 N–H and O–H groups in total. The van der Waals surface area contributed by atoms with Gasteiger partial charge >= 0.3 is 0 Å². The lowest BCUT2D eigenvalue weighted by molar-refractivity contribution is 0.592. The number of aromatic nitrogens is 4. The Morgan fingerprint density at radius 3 is 2.83 bits per heavy atom. The van der Waals surface area contributed by atoms with Crippen LogP contribution in [0, 0.1) is 6.92 Å². The maximum absolute atomic E-state index is 12.5. The third-order valence-electron chi connectivity index (χ3n) is 3.12. The first-order chi connectivity index (χ1) is 10.9. The fourth-order valence-electron chi connectivity index (χ4n) is 1.99. The van der Waals surface area contributed by atoms with Crippen LogP contribution in [-0.2, 0) is 16.6 Å². The Labute approximate surface area is 137 Å². The second-order valence-electron chi connectivity index (χ2n) is 4.79. The number of hydrogen-bond donors (Lipinski definition) is 2.